The van der Waals surface area contributed by atoms with Crippen molar-refractivity contribution in [2.45, 2.75) is 44.7 Å². The second-order valence-corrected chi connectivity index (χ2v) is 8.23. The third-order valence-electron chi connectivity index (χ3n) is 5.64. The Kier molecular flexibility index (Phi) is 8.20. The molecule has 6 nitrogen and oxygen atoms in total. The zero-order valence-corrected chi connectivity index (χ0v) is 18.7. The van der Waals surface area contributed by atoms with Crippen LogP contribution in [0, 0.1) is 6.92 Å². The Morgan fingerprint density at radius 3 is 2.55 bits per heavy atom. The number of benzene rings is 2. The Hall–Kier alpha value is -2.78. The number of amides is 1. The maximum absolute atomic E-state index is 12.8. The van der Waals surface area contributed by atoms with Gasteiger partial charge in [0, 0.05) is 6.54 Å². The summed E-state index contributed by atoms with van der Waals surface area (Å²) in [6.45, 7) is 4.11. The molecule has 0 saturated carbocycles. The molecule has 2 N–H and O–H groups in total. The highest BCUT2D eigenvalue weighted by molar-refractivity contribution is 5.79. The molecule has 0 radical (unpaired) electrons. The molecule has 0 bridgehead atoms. The van der Waals surface area contributed by atoms with Gasteiger partial charge in [0.05, 0.1) is 19.6 Å². The van der Waals surface area contributed by atoms with Gasteiger partial charge in [0.1, 0.15) is 17.6 Å². The summed E-state index contributed by atoms with van der Waals surface area (Å²) in [4.78, 5) is 15.0. The number of nitrogens with zero attached hydrogens (tertiary/aromatic N) is 1. The van der Waals surface area contributed by atoms with Crippen molar-refractivity contribution in [1.29, 1.82) is 0 Å². The fraction of sp³-hybridized carbons (Fsp3) is 0.458. The maximum atomic E-state index is 12.8. The summed E-state index contributed by atoms with van der Waals surface area (Å²) in [5.74, 6) is -0.0742. The minimum atomic E-state index is -4.80. The van der Waals surface area contributed by atoms with E-state index in [9.17, 15) is 23.1 Å². The lowest BCUT2D eigenvalue weighted by molar-refractivity contribution is -0.274. The van der Waals surface area contributed by atoms with E-state index in [1.54, 1.807) is 25.3 Å². The first-order chi connectivity index (χ1) is 15.6. The van der Waals surface area contributed by atoms with Gasteiger partial charge in [-0.3, -0.25) is 4.79 Å². The van der Waals surface area contributed by atoms with E-state index in [0.29, 0.717) is 23.4 Å². The van der Waals surface area contributed by atoms with Crippen LogP contribution in [0.5, 0.6) is 11.5 Å². The number of aliphatic hydroxyl groups is 1. The minimum absolute atomic E-state index is 0.139. The quantitative estimate of drug-likeness (QED) is 0.589. The van der Waals surface area contributed by atoms with Crippen LogP contribution in [0.3, 0.4) is 0 Å². The first-order valence-corrected chi connectivity index (χ1v) is 10.8. The second kappa shape index (κ2) is 10.9. The van der Waals surface area contributed by atoms with E-state index in [1.165, 1.54) is 18.2 Å². The summed E-state index contributed by atoms with van der Waals surface area (Å²) >= 11 is 0. The molecule has 0 aromatic heterocycles. The number of ether oxygens (including phenoxy) is 2. The number of carbonyl (C=O) groups excluding carboxylic acids is 1. The zero-order valence-electron chi connectivity index (χ0n) is 18.7. The number of likely N-dealkylation sites (tertiary alicyclic amines) is 1. The maximum Gasteiger partial charge on any atom is 0.573 e. The molecule has 2 atom stereocenters. The summed E-state index contributed by atoms with van der Waals surface area (Å²) in [5, 5.41) is 14.0. The van der Waals surface area contributed by atoms with Gasteiger partial charge < -0.3 is 24.8 Å². The first-order valence-electron chi connectivity index (χ1n) is 10.8. The summed E-state index contributed by atoms with van der Waals surface area (Å²) in [6, 6.07) is 10.1. The van der Waals surface area contributed by atoms with Gasteiger partial charge in [0.15, 0.2) is 0 Å². The average molecular weight is 467 g/mol. The molecule has 1 heterocycles. The van der Waals surface area contributed by atoms with Gasteiger partial charge in [-0.05, 0) is 73.8 Å². The zero-order chi connectivity index (χ0) is 24.0. The van der Waals surface area contributed by atoms with Crippen molar-refractivity contribution in [3.63, 3.8) is 0 Å². The van der Waals surface area contributed by atoms with Crippen molar-refractivity contribution in [2.75, 3.05) is 26.7 Å². The van der Waals surface area contributed by atoms with Gasteiger partial charge in [-0.15, -0.1) is 13.2 Å². The Balaban J connectivity index is 1.72. The van der Waals surface area contributed by atoms with Crippen molar-refractivity contribution < 1.29 is 32.5 Å². The molecule has 0 spiro atoms. The van der Waals surface area contributed by atoms with E-state index in [0.717, 1.165) is 31.5 Å². The van der Waals surface area contributed by atoms with Crippen LogP contribution < -0.4 is 14.8 Å². The Labute approximate surface area is 191 Å². The van der Waals surface area contributed by atoms with Gasteiger partial charge in [0.2, 0.25) is 5.91 Å². The van der Waals surface area contributed by atoms with Crippen molar-refractivity contribution in [2.24, 2.45) is 0 Å². The minimum Gasteiger partial charge on any atom is -0.496 e. The molecule has 2 aromatic carbocycles. The molecule has 1 amide bonds. The number of alkyl halides is 3. The van der Waals surface area contributed by atoms with Crippen LogP contribution in [0.4, 0.5) is 13.2 Å². The highest BCUT2D eigenvalue weighted by Crippen LogP contribution is 2.26. The number of hydrogen-bond acceptors (Lipinski definition) is 5. The predicted molar refractivity (Wildman–Crippen MR) is 117 cm³/mol. The molecule has 0 aliphatic carbocycles. The second-order valence-electron chi connectivity index (χ2n) is 8.23. The summed E-state index contributed by atoms with van der Waals surface area (Å²) in [7, 11) is 1.57. The smallest absolute Gasteiger partial charge is 0.496 e. The SMILES string of the molecule is COc1ccc([C@H](O)[C@@H](CN2CCCC2)NC(=O)Cc2cccc(OC(F)(F)F)c2)cc1C. The van der Waals surface area contributed by atoms with Crippen molar-refractivity contribution in [3.05, 3.63) is 59.2 Å². The molecule has 33 heavy (non-hydrogen) atoms. The van der Waals surface area contributed by atoms with E-state index >= 15 is 0 Å². The molecule has 0 unspecified atom stereocenters. The number of halogens is 3. The normalized spacial score (nSPS) is 16.3. The molecular formula is C24H29F3N2O4. The molecule has 2 aromatic rings. The van der Waals surface area contributed by atoms with Crippen LogP contribution >= 0.6 is 0 Å². The lowest BCUT2D eigenvalue weighted by Crippen LogP contribution is -2.47. The lowest BCUT2D eigenvalue weighted by atomic mass is 9.99. The van der Waals surface area contributed by atoms with Crippen molar-refractivity contribution in [1.82, 2.24) is 10.2 Å². The largest absolute Gasteiger partial charge is 0.573 e. The van der Waals surface area contributed by atoms with Crippen LogP contribution in [0.25, 0.3) is 0 Å². The lowest BCUT2D eigenvalue weighted by Gasteiger charge is -2.29. The van der Waals surface area contributed by atoms with Gasteiger partial charge in [0.25, 0.3) is 0 Å². The third-order valence-corrected chi connectivity index (χ3v) is 5.64. The van der Waals surface area contributed by atoms with Crippen molar-refractivity contribution >= 4 is 5.91 Å². The Bertz CT molecular complexity index is 946. The highest BCUT2D eigenvalue weighted by atomic mass is 19.4. The Morgan fingerprint density at radius 1 is 1.18 bits per heavy atom. The van der Waals surface area contributed by atoms with Crippen LogP contribution in [0.1, 0.15) is 35.6 Å². The van der Waals surface area contributed by atoms with Gasteiger partial charge in [-0.1, -0.05) is 18.2 Å². The molecule has 3 rings (SSSR count). The summed E-state index contributed by atoms with van der Waals surface area (Å²) < 4.78 is 46.7. The number of aliphatic hydroxyl groups excluding tert-OH is 1. The summed E-state index contributed by atoms with van der Waals surface area (Å²) in [5.41, 5.74) is 1.89. The molecule has 1 fully saturated rings. The van der Waals surface area contributed by atoms with Crippen LogP contribution in [-0.4, -0.2) is 55.1 Å². The van der Waals surface area contributed by atoms with Crippen LogP contribution in [0.2, 0.25) is 0 Å². The fourth-order valence-electron chi connectivity index (χ4n) is 4.08. The topological polar surface area (TPSA) is 71.0 Å². The molecule has 1 aliphatic rings. The number of methoxy groups -OCH3 is 1. The van der Waals surface area contributed by atoms with E-state index < -0.39 is 24.4 Å². The number of nitrogens with one attached hydrogen (secondary N) is 1. The van der Waals surface area contributed by atoms with Gasteiger partial charge >= 0.3 is 6.36 Å². The third kappa shape index (κ3) is 7.36. The summed E-state index contributed by atoms with van der Waals surface area (Å²) in [6.07, 6.45) is -3.78. The number of rotatable bonds is 9. The van der Waals surface area contributed by atoms with Crippen molar-refractivity contribution in [3.8, 4) is 11.5 Å². The predicted octanol–water partition coefficient (Wildman–Crippen LogP) is 3.76. The standard InChI is InChI=1S/C24H29F3N2O4/c1-16-12-18(8-9-21(16)32-2)23(31)20(15-29-10-3-4-11-29)28-22(30)14-17-6-5-7-19(13-17)33-24(25,26)27/h5-9,12-13,20,23,31H,3-4,10-11,14-15H2,1-2H3,(H,28,30)/t20-,23+/m1/s1. The molecule has 9 heteroatoms. The monoisotopic (exact) mass is 466 g/mol. The number of aryl methyl sites for hydroxylation is 1. The van der Waals surface area contributed by atoms with Gasteiger partial charge in [-0.25, -0.2) is 0 Å². The highest BCUT2D eigenvalue weighted by Gasteiger charge is 2.31. The molecule has 1 saturated heterocycles. The van der Waals surface area contributed by atoms with Crippen LogP contribution in [-0.2, 0) is 11.2 Å². The molecule has 1 aliphatic heterocycles. The molecule has 180 valence electrons. The van der Waals surface area contributed by atoms with E-state index in [1.807, 2.05) is 13.0 Å². The fourth-order valence-corrected chi connectivity index (χ4v) is 4.08. The van der Waals surface area contributed by atoms with E-state index in [2.05, 4.69) is 15.0 Å². The first kappa shape index (κ1) is 24.9. The number of carbonyl (C=O) groups is 1. The Morgan fingerprint density at radius 2 is 1.91 bits per heavy atom. The molecular weight excluding hydrogens is 437 g/mol. The van der Waals surface area contributed by atoms with Crippen LogP contribution in [0.15, 0.2) is 42.5 Å². The number of hydrogen-bond donors (Lipinski definition) is 2. The van der Waals surface area contributed by atoms with Gasteiger partial charge in [-0.2, -0.15) is 0 Å². The van der Waals surface area contributed by atoms with E-state index in [4.69, 9.17) is 4.74 Å². The van der Waals surface area contributed by atoms with E-state index in [-0.39, 0.29) is 12.2 Å². The average Bonchev–Trinajstić information content (AvgIpc) is 3.25.